The summed E-state index contributed by atoms with van der Waals surface area (Å²) in [6.07, 6.45) is 4.55. The molecule has 0 saturated carbocycles. The van der Waals surface area contributed by atoms with Gasteiger partial charge in [0.05, 0.1) is 4.91 Å². The number of imide groups is 1. The molecule has 0 aromatic heterocycles. The third-order valence-corrected chi connectivity index (χ3v) is 6.33. The molecule has 2 aliphatic rings. The summed E-state index contributed by atoms with van der Waals surface area (Å²) in [5.74, 6) is -0.590. The molecular weight excluding hydrogens is 431 g/mol. The maximum Gasteiger partial charge on any atom is 0.294 e. The van der Waals surface area contributed by atoms with Crippen LogP contribution in [0.15, 0.2) is 53.4 Å². The number of carbonyl (C=O) groups is 3. The van der Waals surface area contributed by atoms with E-state index in [4.69, 9.17) is 4.74 Å². The Morgan fingerprint density at radius 1 is 1.03 bits per heavy atom. The number of carbonyl (C=O) groups excluding carboxylic acids is 3. The molecule has 0 unspecified atom stereocenters. The molecule has 8 heteroatoms. The van der Waals surface area contributed by atoms with E-state index >= 15 is 0 Å². The summed E-state index contributed by atoms with van der Waals surface area (Å²) in [6, 6.07) is 13.4. The maximum atomic E-state index is 13.9. The molecule has 0 N–H and O–H groups in total. The Labute approximate surface area is 190 Å². The lowest BCUT2D eigenvalue weighted by Gasteiger charge is -2.27. The highest BCUT2D eigenvalue weighted by Crippen LogP contribution is 2.34. The Morgan fingerprint density at radius 2 is 1.75 bits per heavy atom. The third kappa shape index (κ3) is 5.02. The van der Waals surface area contributed by atoms with Crippen LogP contribution in [-0.2, 0) is 16.2 Å². The fourth-order valence-corrected chi connectivity index (χ4v) is 4.49. The first kappa shape index (κ1) is 22.1. The molecule has 166 valence electrons. The van der Waals surface area contributed by atoms with Gasteiger partial charge in [-0.1, -0.05) is 36.4 Å². The number of hydrogen-bond acceptors (Lipinski definition) is 5. The predicted molar refractivity (Wildman–Crippen MR) is 120 cm³/mol. The smallest absolute Gasteiger partial charge is 0.294 e. The number of rotatable bonds is 6. The van der Waals surface area contributed by atoms with Crippen LogP contribution >= 0.6 is 11.8 Å². The van der Waals surface area contributed by atoms with E-state index in [0.29, 0.717) is 30.0 Å². The molecule has 2 aromatic rings. The lowest BCUT2D eigenvalue weighted by atomic mass is 10.1. The predicted octanol–water partition coefficient (Wildman–Crippen LogP) is 4.45. The first-order valence-electron chi connectivity index (χ1n) is 10.5. The minimum Gasteiger partial charge on any atom is -0.488 e. The average molecular weight is 455 g/mol. The van der Waals surface area contributed by atoms with Crippen LogP contribution in [0.1, 0.15) is 30.4 Å². The number of amides is 3. The number of hydrogen-bond donors (Lipinski definition) is 0. The number of piperidine rings is 1. The van der Waals surface area contributed by atoms with E-state index in [1.807, 2.05) is 0 Å². The number of thioether (sulfide) groups is 1. The largest absolute Gasteiger partial charge is 0.488 e. The van der Waals surface area contributed by atoms with Gasteiger partial charge in [0.25, 0.3) is 11.1 Å². The summed E-state index contributed by atoms with van der Waals surface area (Å²) in [7, 11) is 0. The summed E-state index contributed by atoms with van der Waals surface area (Å²) in [4.78, 5) is 40.7. The minimum absolute atomic E-state index is 0.0311. The number of para-hydroxylation sites is 1. The van der Waals surface area contributed by atoms with E-state index in [9.17, 15) is 18.8 Å². The van der Waals surface area contributed by atoms with Crippen LogP contribution in [0.25, 0.3) is 6.08 Å². The highest BCUT2D eigenvalue weighted by atomic mass is 32.2. The molecule has 2 heterocycles. The van der Waals surface area contributed by atoms with Crippen molar-refractivity contribution in [1.29, 1.82) is 0 Å². The molecule has 0 bridgehead atoms. The van der Waals surface area contributed by atoms with Gasteiger partial charge in [0.15, 0.2) is 0 Å². The van der Waals surface area contributed by atoms with E-state index in [0.717, 1.165) is 35.9 Å². The fourth-order valence-electron chi connectivity index (χ4n) is 3.66. The SMILES string of the molecule is O=C(CN1C(=O)SC(=Cc2ccccc2OCc2ccccc2F)C1=O)N1CCCCC1. The molecule has 2 aliphatic heterocycles. The lowest BCUT2D eigenvalue weighted by molar-refractivity contribution is -0.136. The maximum absolute atomic E-state index is 13.9. The zero-order valence-electron chi connectivity index (χ0n) is 17.5. The van der Waals surface area contributed by atoms with Crippen LogP contribution in [-0.4, -0.2) is 46.5 Å². The Bertz CT molecular complexity index is 1070. The van der Waals surface area contributed by atoms with E-state index in [1.54, 1.807) is 53.4 Å². The van der Waals surface area contributed by atoms with Gasteiger partial charge in [-0.15, -0.1) is 0 Å². The van der Waals surface area contributed by atoms with Crippen molar-refractivity contribution >= 4 is 34.9 Å². The van der Waals surface area contributed by atoms with E-state index in [2.05, 4.69) is 0 Å². The molecule has 0 radical (unpaired) electrons. The molecule has 0 spiro atoms. The van der Waals surface area contributed by atoms with Gasteiger partial charge in [0.1, 0.15) is 24.7 Å². The molecule has 0 atom stereocenters. The van der Waals surface area contributed by atoms with Crippen molar-refractivity contribution in [3.05, 3.63) is 70.4 Å². The van der Waals surface area contributed by atoms with E-state index in [1.165, 1.54) is 6.07 Å². The Balaban J connectivity index is 1.47. The van der Waals surface area contributed by atoms with Gasteiger partial charge in [-0.05, 0) is 49.2 Å². The fraction of sp³-hybridized carbons (Fsp3) is 0.292. The van der Waals surface area contributed by atoms with Gasteiger partial charge >= 0.3 is 0 Å². The summed E-state index contributed by atoms with van der Waals surface area (Å²) in [5.41, 5.74) is 1.01. The molecule has 2 saturated heterocycles. The van der Waals surface area contributed by atoms with Crippen molar-refractivity contribution in [2.24, 2.45) is 0 Å². The van der Waals surface area contributed by atoms with Gasteiger partial charge in [0, 0.05) is 24.2 Å². The summed E-state index contributed by atoms with van der Waals surface area (Å²) >= 11 is 0.803. The summed E-state index contributed by atoms with van der Waals surface area (Å²) < 4.78 is 19.7. The number of halogens is 1. The monoisotopic (exact) mass is 454 g/mol. The van der Waals surface area contributed by atoms with E-state index < -0.39 is 11.1 Å². The van der Waals surface area contributed by atoms with Crippen molar-refractivity contribution < 1.29 is 23.5 Å². The zero-order valence-corrected chi connectivity index (χ0v) is 18.3. The normalized spacial score (nSPS) is 17.8. The van der Waals surface area contributed by atoms with Crippen LogP contribution in [0.2, 0.25) is 0 Å². The highest BCUT2D eigenvalue weighted by molar-refractivity contribution is 8.18. The van der Waals surface area contributed by atoms with E-state index in [-0.39, 0.29) is 29.8 Å². The van der Waals surface area contributed by atoms with Gasteiger partial charge in [-0.3, -0.25) is 19.3 Å². The van der Waals surface area contributed by atoms with Crippen molar-refractivity contribution in [2.75, 3.05) is 19.6 Å². The number of nitrogens with zero attached hydrogens (tertiary/aromatic N) is 2. The van der Waals surface area contributed by atoms with Crippen LogP contribution in [0.4, 0.5) is 9.18 Å². The van der Waals surface area contributed by atoms with Crippen LogP contribution in [0.5, 0.6) is 5.75 Å². The highest BCUT2D eigenvalue weighted by Gasteiger charge is 2.37. The molecule has 3 amide bonds. The van der Waals surface area contributed by atoms with Crippen molar-refractivity contribution in [3.8, 4) is 5.75 Å². The first-order valence-corrected chi connectivity index (χ1v) is 11.3. The van der Waals surface area contributed by atoms with Crippen LogP contribution < -0.4 is 4.74 Å². The molecule has 4 rings (SSSR count). The Morgan fingerprint density at radius 3 is 2.53 bits per heavy atom. The molecule has 32 heavy (non-hydrogen) atoms. The standard InChI is InChI=1S/C24H23FN2O4S/c25-19-10-4-2-9-18(19)16-31-20-11-5-3-8-17(20)14-21-23(29)27(24(30)32-21)15-22(28)26-12-6-1-7-13-26/h2-5,8-11,14H,1,6-7,12-13,15-16H2. The number of benzene rings is 2. The van der Waals surface area contributed by atoms with Crippen molar-refractivity contribution in [1.82, 2.24) is 9.80 Å². The van der Waals surface area contributed by atoms with Gasteiger partial charge in [-0.25, -0.2) is 4.39 Å². The molecule has 0 aliphatic carbocycles. The lowest BCUT2D eigenvalue weighted by Crippen LogP contribution is -2.44. The Hall–Kier alpha value is -3.13. The van der Waals surface area contributed by atoms with Crippen LogP contribution in [0.3, 0.4) is 0 Å². The summed E-state index contributed by atoms with van der Waals surface area (Å²) in [6.45, 7) is 1.12. The number of ether oxygens (including phenoxy) is 1. The van der Waals surface area contributed by atoms with Gasteiger partial charge < -0.3 is 9.64 Å². The quantitative estimate of drug-likeness (QED) is 0.603. The molecular formula is C24H23FN2O4S. The summed E-state index contributed by atoms with van der Waals surface area (Å²) in [5, 5.41) is -0.462. The topological polar surface area (TPSA) is 66.9 Å². The Kier molecular flexibility index (Phi) is 6.90. The second kappa shape index (κ2) is 9.99. The number of likely N-dealkylation sites (tertiary alicyclic amines) is 1. The minimum atomic E-state index is -0.491. The molecule has 6 nitrogen and oxygen atoms in total. The van der Waals surface area contributed by atoms with Crippen molar-refractivity contribution in [3.63, 3.8) is 0 Å². The first-order chi connectivity index (χ1) is 15.5. The van der Waals surface area contributed by atoms with Gasteiger partial charge in [-0.2, -0.15) is 0 Å². The molecule has 2 aromatic carbocycles. The zero-order chi connectivity index (χ0) is 22.5. The molecule has 2 fully saturated rings. The average Bonchev–Trinajstić information content (AvgIpc) is 3.07. The second-order valence-electron chi connectivity index (χ2n) is 7.63. The van der Waals surface area contributed by atoms with Gasteiger partial charge in [0.2, 0.25) is 5.91 Å². The second-order valence-corrected chi connectivity index (χ2v) is 8.62. The van der Waals surface area contributed by atoms with Crippen LogP contribution in [0, 0.1) is 5.82 Å². The van der Waals surface area contributed by atoms with Crippen molar-refractivity contribution in [2.45, 2.75) is 25.9 Å². The third-order valence-electron chi connectivity index (χ3n) is 5.42.